The Bertz CT molecular complexity index is 583. The van der Waals surface area contributed by atoms with Crippen LogP contribution in [0.4, 0.5) is 5.82 Å². The lowest BCUT2D eigenvalue weighted by molar-refractivity contribution is 0.122. The smallest absolute Gasteiger partial charge is 0.147 e. The van der Waals surface area contributed by atoms with E-state index in [1.54, 1.807) is 0 Å². The summed E-state index contributed by atoms with van der Waals surface area (Å²) in [6, 6.07) is 2.46. The Morgan fingerprint density at radius 2 is 1.86 bits per heavy atom. The summed E-state index contributed by atoms with van der Waals surface area (Å²) < 4.78 is 5.45. The number of fused-ring (bicyclic) bond motifs is 1. The molecule has 0 N–H and O–H groups in total. The summed E-state index contributed by atoms with van der Waals surface area (Å²) in [4.78, 5) is 7.21. The van der Waals surface area contributed by atoms with Crippen LogP contribution >= 0.6 is 0 Å². The van der Waals surface area contributed by atoms with Gasteiger partial charge in [-0.2, -0.15) is 5.26 Å². The highest BCUT2D eigenvalue weighted by Crippen LogP contribution is 2.33. The molecular formula is C18H25N3O. The minimum absolute atomic E-state index is 0.587. The van der Waals surface area contributed by atoms with Crippen LogP contribution in [0.2, 0.25) is 0 Å². The molecule has 1 fully saturated rings. The third kappa shape index (κ3) is 2.96. The number of morpholine rings is 1. The largest absolute Gasteiger partial charge is 0.378 e. The summed E-state index contributed by atoms with van der Waals surface area (Å²) in [6.07, 6.45) is 5.54. The third-order valence-electron chi connectivity index (χ3n) is 4.61. The van der Waals surface area contributed by atoms with E-state index in [1.165, 1.54) is 29.7 Å². The van der Waals surface area contributed by atoms with E-state index in [2.05, 4.69) is 24.8 Å². The summed E-state index contributed by atoms with van der Waals surface area (Å²) in [7, 11) is 0. The summed E-state index contributed by atoms with van der Waals surface area (Å²) in [5.41, 5.74) is 4.70. The van der Waals surface area contributed by atoms with Crippen molar-refractivity contribution in [3.8, 4) is 6.07 Å². The molecule has 0 atom stereocenters. The molecule has 1 aromatic heterocycles. The van der Waals surface area contributed by atoms with Gasteiger partial charge in [0.2, 0.25) is 0 Å². The molecule has 4 nitrogen and oxygen atoms in total. The first-order valence-electron chi connectivity index (χ1n) is 8.48. The molecule has 118 valence electrons. The number of ether oxygens (including phenoxy) is 1. The van der Waals surface area contributed by atoms with Crippen LogP contribution in [0.5, 0.6) is 0 Å². The van der Waals surface area contributed by atoms with Crippen LogP contribution in [0.3, 0.4) is 0 Å². The normalized spacial score (nSPS) is 18.2. The Labute approximate surface area is 133 Å². The topological polar surface area (TPSA) is 49.2 Å². The molecule has 1 aromatic rings. The number of anilines is 1. The van der Waals surface area contributed by atoms with Crippen molar-refractivity contribution < 1.29 is 4.74 Å². The van der Waals surface area contributed by atoms with Gasteiger partial charge in [-0.15, -0.1) is 0 Å². The summed E-state index contributed by atoms with van der Waals surface area (Å²) in [5, 5.41) is 9.73. The van der Waals surface area contributed by atoms with Crippen molar-refractivity contribution in [1.82, 2.24) is 4.98 Å². The molecule has 2 aliphatic rings. The van der Waals surface area contributed by atoms with Gasteiger partial charge in [-0.3, -0.25) is 0 Å². The molecule has 1 aliphatic heterocycles. The van der Waals surface area contributed by atoms with Gasteiger partial charge in [-0.25, -0.2) is 4.98 Å². The van der Waals surface area contributed by atoms with Gasteiger partial charge in [0.05, 0.1) is 18.8 Å². The number of nitrogens with zero attached hydrogens (tertiary/aromatic N) is 3. The standard InChI is InChI=1S/C18H25N3O/c1-13(2)11-17-15-6-4-3-5-14(15)16(12-19)18(20-17)21-7-9-22-10-8-21/h13H,3-11H2,1-2H3. The van der Waals surface area contributed by atoms with E-state index in [0.717, 1.165) is 56.9 Å². The predicted octanol–water partition coefficient (Wildman–Crippen LogP) is 2.87. The number of nitriles is 1. The summed E-state index contributed by atoms with van der Waals surface area (Å²) in [6.45, 7) is 7.60. The Morgan fingerprint density at radius 1 is 1.18 bits per heavy atom. The molecule has 22 heavy (non-hydrogen) atoms. The lowest BCUT2D eigenvalue weighted by Crippen LogP contribution is -2.38. The lowest BCUT2D eigenvalue weighted by Gasteiger charge is -2.31. The maximum absolute atomic E-state index is 9.73. The fraction of sp³-hybridized carbons (Fsp3) is 0.667. The molecule has 3 rings (SSSR count). The van der Waals surface area contributed by atoms with E-state index in [4.69, 9.17) is 9.72 Å². The van der Waals surface area contributed by atoms with Crippen LogP contribution in [-0.4, -0.2) is 31.3 Å². The van der Waals surface area contributed by atoms with Crippen LogP contribution < -0.4 is 4.90 Å². The molecule has 0 unspecified atom stereocenters. The van der Waals surface area contributed by atoms with Crippen LogP contribution in [-0.2, 0) is 24.0 Å². The quantitative estimate of drug-likeness (QED) is 0.861. The van der Waals surface area contributed by atoms with E-state index in [0.29, 0.717) is 5.92 Å². The van der Waals surface area contributed by atoms with Crippen molar-refractivity contribution >= 4 is 5.82 Å². The first-order valence-corrected chi connectivity index (χ1v) is 8.48. The molecule has 0 radical (unpaired) electrons. The average Bonchev–Trinajstić information content (AvgIpc) is 2.55. The monoisotopic (exact) mass is 299 g/mol. The van der Waals surface area contributed by atoms with Crippen LogP contribution in [0.15, 0.2) is 0 Å². The first-order chi connectivity index (χ1) is 10.7. The molecule has 2 heterocycles. The molecule has 0 saturated carbocycles. The second-order valence-electron chi connectivity index (χ2n) is 6.73. The van der Waals surface area contributed by atoms with Crippen molar-refractivity contribution in [3.63, 3.8) is 0 Å². The van der Waals surface area contributed by atoms with Crippen LogP contribution in [0.1, 0.15) is 49.1 Å². The lowest BCUT2D eigenvalue weighted by atomic mass is 9.86. The van der Waals surface area contributed by atoms with E-state index < -0.39 is 0 Å². The third-order valence-corrected chi connectivity index (χ3v) is 4.61. The summed E-state index contributed by atoms with van der Waals surface area (Å²) >= 11 is 0. The highest BCUT2D eigenvalue weighted by molar-refractivity contribution is 5.61. The minimum Gasteiger partial charge on any atom is -0.378 e. The van der Waals surface area contributed by atoms with Crippen molar-refractivity contribution in [3.05, 3.63) is 22.4 Å². The molecule has 0 spiro atoms. The van der Waals surface area contributed by atoms with Gasteiger partial charge in [0.1, 0.15) is 11.9 Å². The van der Waals surface area contributed by atoms with E-state index in [1.807, 2.05) is 0 Å². The number of rotatable bonds is 3. The van der Waals surface area contributed by atoms with Gasteiger partial charge in [-0.1, -0.05) is 13.8 Å². The van der Waals surface area contributed by atoms with Crippen molar-refractivity contribution in [2.24, 2.45) is 5.92 Å². The molecule has 0 aromatic carbocycles. The molecular weight excluding hydrogens is 274 g/mol. The Kier molecular flexibility index (Phi) is 4.63. The van der Waals surface area contributed by atoms with Crippen LogP contribution in [0, 0.1) is 17.2 Å². The Balaban J connectivity index is 2.09. The number of hydrogen-bond acceptors (Lipinski definition) is 4. The van der Waals surface area contributed by atoms with Gasteiger partial charge in [-0.05, 0) is 49.1 Å². The van der Waals surface area contributed by atoms with E-state index in [-0.39, 0.29) is 0 Å². The fourth-order valence-corrected chi connectivity index (χ4v) is 3.56. The van der Waals surface area contributed by atoms with Crippen molar-refractivity contribution in [2.45, 2.75) is 46.0 Å². The van der Waals surface area contributed by atoms with Crippen molar-refractivity contribution in [2.75, 3.05) is 31.2 Å². The Hall–Kier alpha value is -1.60. The highest BCUT2D eigenvalue weighted by Gasteiger charge is 2.25. The second kappa shape index (κ2) is 6.66. The maximum atomic E-state index is 9.73. The van der Waals surface area contributed by atoms with Gasteiger partial charge in [0.25, 0.3) is 0 Å². The zero-order chi connectivity index (χ0) is 15.5. The molecule has 4 heteroatoms. The van der Waals surface area contributed by atoms with Gasteiger partial charge >= 0.3 is 0 Å². The minimum atomic E-state index is 0.587. The van der Waals surface area contributed by atoms with Crippen LogP contribution in [0.25, 0.3) is 0 Å². The first kappa shape index (κ1) is 15.3. The summed E-state index contributed by atoms with van der Waals surface area (Å²) in [5.74, 6) is 1.49. The van der Waals surface area contributed by atoms with E-state index >= 15 is 0 Å². The number of pyridine rings is 1. The average molecular weight is 299 g/mol. The molecule has 0 amide bonds. The van der Waals surface area contributed by atoms with Gasteiger partial charge < -0.3 is 9.64 Å². The van der Waals surface area contributed by atoms with Gasteiger partial charge in [0.15, 0.2) is 0 Å². The van der Waals surface area contributed by atoms with E-state index in [9.17, 15) is 5.26 Å². The number of aromatic nitrogens is 1. The zero-order valence-corrected chi connectivity index (χ0v) is 13.7. The highest BCUT2D eigenvalue weighted by atomic mass is 16.5. The SMILES string of the molecule is CC(C)Cc1nc(N2CCOCC2)c(C#N)c2c1CCCC2. The maximum Gasteiger partial charge on any atom is 0.147 e. The molecule has 0 bridgehead atoms. The predicted molar refractivity (Wildman–Crippen MR) is 87.2 cm³/mol. The Morgan fingerprint density at radius 3 is 2.50 bits per heavy atom. The molecule has 1 aliphatic carbocycles. The van der Waals surface area contributed by atoms with Gasteiger partial charge in [0, 0.05) is 18.8 Å². The van der Waals surface area contributed by atoms with Crippen molar-refractivity contribution in [1.29, 1.82) is 5.26 Å². The zero-order valence-electron chi connectivity index (χ0n) is 13.7. The fourth-order valence-electron chi connectivity index (χ4n) is 3.56. The molecule has 1 saturated heterocycles. The number of hydrogen-bond donors (Lipinski definition) is 0. The second-order valence-corrected chi connectivity index (χ2v) is 6.73.